The summed E-state index contributed by atoms with van der Waals surface area (Å²) < 4.78 is 8.97. The van der Waals surface area contributed by atoms with Crippen molar-refractivity contribution in [3.8, 4) is 11.4 Å². The van der Waals surface area contributed by atoms with E-state index in [1.165, 1.54) is 22.7 Å². The van der Waals surface area contributed by atoms with Crippen LogP contribution in [0.25, 0.3) is 11.4 Å². The quantitative estimate of drug-likeness (QED) is 0.801. The minimum absolute atomic E-state index is 0.653. The van der Waals surface area contributed by atoms with Crippen LogP contribution in [0.2, 0.25) is 0 Å². The van der Waals surface area contributed by atoms with Gasteiger partial charge in [0, 0.05) is 10.9 Å². The fourth-order valence-corrected chi connectivity index (χ4v) is 1.77. The third-order valence-corrected chi connectivity index (χ3v) is 2.49. The van der Waals surface area contributed by atoms with Crippen molar-refractivity contribution in [3.05, 3.63) is 23.3 Å². The number of hydrogen-bond donors (Lipinski definition) is 1. The molecule has 0 aliphatic rings. The number of nitrogens with two attached hydrogens (primary N) is 1. The van der Waals surface area contributed by atoms with E-state index in [-0.39, 0.29) is 0 Å². The van der Waals surface area contributed by atoms with Gasteiger partial charge >= 0.3 is 0 Å². The molecule has 0 aliphatic carbocycles. The summed E-state index contributed by atoms with van der Waals surface area (Å²) in [5.74, 6) is 0. The second kappa shape index (κ2) is 3.68. The van der Waals surface area contributed by atoms with Gasteiger partial charge in [0.05, 0.1) is 0 Å². The monoisotopic (exact) mass is 195 g/mol. The van der Waals surface area contributed by atoms with E-state index in [9.17, 15) is 0 Å². The Morgan fingerprint density at radius 3 is 3.08 bits per heavy atom. The highest BCUT2D eigenvalue weighted by Gasteiger charge is 2.05. The van der Waals surface area contributed by atoms with Crippen LogP contribution in [0.3, 0.4) is 0 Å². The van der Waals surface area contributed by atoms with Gasteiger partial charge in [-0.3, -0.25) is 0 Å². The van der Waals surface area contributed by atoms with Gasteiger partial charge in [-0.2, -0.15) is 4.37 Å². The SMILES string of the molecule is NCCc1cc(-c2ccon2)ns1. The Morgan fingerprint density at radius 1 is 1.46 bits per heavy atom. The highest BCUT2D eigenvalue weighted by molar-refractivity contribution is 7.06. The van der Waals surface area contributed by atoms with E-state index in [0.717, 1.165) is 17.8 Å². The van der Waals surface area contributed by atoms with Gasteiger partial charge in [0.15, 0.2) is 0 Å². The van der Waals surface area contributed by atoms with Crippen LogP contribution in [-0.4, -0.2) is 16.1 Å². The van der Waals surface area contributed by atoms with Crippen LogP contribution in [-0.2, 0) is 6.42 Å². The first-order valence-electron chi connectivity index (χ1n) is 3.96. The van der Waals surface area contributed by atoms with Crippen LogP contribution >= 0.6 is 11.5 Å². The third-order valence-electron chi connectivity index (χ3n) is 1.65. The highest BCUT2D eigenvalue weighted by Crippen LogP contribution is 2.19. The van der Waals surface area contributed by atoms with Gasteiger partial charge in [0.2, 0.25) is 0 Å². The van der Waals surface area contributed by atoms with Crippen molar-refractivity contribution in [2.75, 3.05) is 6.54 Å². The molecule has 2 N–H and O–H groups in total. The second-order valence-electron chi connectivity index (χ2n) is 2.60. The molecule has 0 fully saturated rings. The standard InChI is InChI=1S/C8H9N3OS/c9-3-1-6-5-8(11-13-6)7-2-4-12-10-7/h2,4-5H,1,3,9H2. The Balaban J connectivity index is 2.23. The molecule has 2 aromatic heterocycles. The fourth-order valence-electron chi connectivity index (χ4n) is 1.04. The van der Waals surface area contributed by atoms with Gasteiger partial charge < -0.3 is 10.3 Å². The first-order valence-corrected chi connectivity index (χ1v) is 4.74. The van der Waals surface area contributed by atoms with E-state index in [4.69, 9.17) is 10.3 Å². The summed E-state index contributed by atoms with van der Waals surface area (Å²) in [6.45, 7) is 0.653. The van der Waals surface area contributed by atoms with Crippen molar-refractivity contribution in [1.29, 1.82) is 0 Å². The summed E-state index contributed by atoms with van der Waals surface area (Å²) in [6.07, 6.45) is 2.41. The third kappa shape index (κ3) is 1.76. The Morgan fingerprint density at radius 2 is 2.38 bits per heavy atom. The molecular weight excluding hydrogens is 186 g/mol. The summed E-state index contributed by atoms with van der Waals surface area (Å²) in [4.78, 5) is 1.18. The molecule has 0 atom stereocenters. The molecule has 0 amide bonds. The Hall–Kier alpha value is -1.20. The van der Waals surface area contributed by atoms with Crippen molar-refractivity contribution >= 4 is 11.5 Å². The second-order valence-corrected chi connectivity index (χ2v) is 3.49. The average Bonchev–Trinajstić information content (AvgIpc) is 2.70. The smallest absolute Gasteiger partial charge is 0.133 e. The van der Waals surface area contributed by atoms with Crippen LogP contribution < -0.4 is 5.73 Å². The molecule has 13 heavy (non-hydrogen) atoms. The number of rotatable bonds is 3. The van der Waals surface area contributed by atoms with Crippen LogP contribution in [0.15, 0.2) is 22.9 Å². The first kappa shape index (κ1) is 8.40. The minimum atomic E-state index is 0.653. The highest BCUT2D eigenvalue weighted by atomic mass is 32.1. The van der Waals surface area contributed by atoms with Gasteiger partial charge in [-0.1, -0.05) is 5.16 Å². The molecule has 2 heterocycles. The maximum atomic E-state index is 5.43. The zero-order valence-corrected chi connectivity index (χ0v) is 7.75. The number of hydrogen-bond acceptors (Lipinski definition) is 5. The van der Waals surface area contributed by atoms with E-state index in [0.29, 0.717) is 6.54 Å². The van der Waals surface area contributed by atoms with Crippen molar-refractivity contribution in [3.63, 3.8) is 0 Å². The van der Waals surface area contributed by atoms with Crippen LogP contribution in [0.1, 0.15) is 4.88 Å². The van der Waals surface area contributed by atoms with Crippen LogP contribution in [0, 0.1) is 0 Å². The van der Waals surface area contributed by atoms with Gasteiger partial charge in [-0.15, -0.1) is 0 Å². The molecule has 0 aliphatic heterocycles. The molecule has 2 aromatic rings. The zero-order chi connectivity index (χ0) is 9.10. The summed E-state index contributed by atoms with van der Waals surface area (Å²) in [5, 5.41) is 3.80. The molecule has 5 heteroatoms. The van der Waals surface area contributed by atoms with E-state index >= 15 is 0 Å². The minimum Gasteiger partial charge on any atom is -0.364 e. The first-order chi connectivity index (χ1) is 6.40. The molecule has 0 radical (unpaired) electrons. The van der Waals surface area contributed by atoms with E-state index in [1.807, 2.05) is 6.07 Å². The number of aromatic nitrogens is 2. The zero-order valence-electron chi connectivity index (χ0n) is 6.93. The molecule has 0 aromatic carbocycles. The molecule has 0 unspecified atom stereocenters. The lowest BCUT2D eigenvalue weighted by Gasteiger charge is -1.86. The largest absolute Gasteiger partial charge is 0.364 e. The molecule has 68 valence electrons. The summed E-state index contributed by atoms with van der Waals surface area (Å²) >= 11 is 1.46. The van der Waals surface area contributed by atoms with Gasteiger partial charge in [-0.25, -0.2) is 0 Å². The maximum Gasteiger partial charge on any atom is 0.133 e. The predicted molar refractivity (Wildman–Crippen MR) is 50.4 cm³/mol. The van der Waals surface area contributed by atoms with Gasteiger partial charge in [-0.05, 0) is 30.6 Å². The molecule has 4 nitrogen and oxygen atoms in total. The maximum absolute atomic E-state index is 5.43. The lowest BCUT2D eigenvalue weighted by Crippen LogP contribution is -2.00. The van der Waals surface area contributed by atoms with E-state index in [2.05, 4.69) is 9.53 Å². The Bertz CT molecular complexity index is 368. The van der Waals surface area contributed by atoms with Crippen LogP contribution in [0.5, 0.6) is 0 Å². The Labute approximate surface area is 79.5 Å². The topological polar surface area (TPSA) is 64.9 Å². The average molecular weight is 195 g/mol. The molecule has 0 saturated carbocycles. The van der Waals surface area contributed by atoms with Crippen molar-refractivity contribution in [1.82, 2.24) is 9.53 Å². The summed E-state index contributed by atoms with van der Waals surface area (Å²) in [6, 6.07) is 3.79. The fraction of sp³-hybridized carbons (Fsp3) is 0.250. The summed E-state index contributed by atoms with van der Waals surface area (Å²) in [7, 11) is 0. The predicted octanol–water partition coefficient (Wildman–Crippen LogP) is 1.30. The lowest BCUT2D eigenvalue weighted by atomic mass is 10.2. The lowest BCUT2D eigenvalue weighted by molar-refractivity contribution is 0.422. The van der Waals surface area contributed by atoms with Crippen molar-refractivity contribution in [2.45, 2.75) is 6.42 Å². The molecule has 0 bridgehead atoms. The summed E-state index contributed by atoms with van der Waals surface area (Å²) in [5.41, 5.74) is 7.07. The van der Waals surface area contributed by atoms with Crippen molar-refractivity contribution in [2.24, 2.45) is 5.73 Å². The molecular formula is C8H9N3OS. The van der Waals surface area contributed by atoms with Gasteiger partial charge in [0.25, 0.3) is 0 Å². The molecule has 0 spiro atoms. The molecule has 0 saturated heterocycles. The molecule has 2 rings (SSSR count). The van der Waals surface area contributed by atoms with Gasteiger partial charge in [0.1, 0.15) is 17.7 Å². The Kier molecular flexibility index (Phi) is 2.37. The van der Waals surface area contributed by atoms with E-state index in [1.54, 1.807) is 6.07 Å². The van der Waals surface area contributed by atoms with Crippen LogP contribution in [0.4, 0.5) is 0 Å². The van der Waals surface area contributed by atoms with E-state index < -0.39 is 0 Å². The van der Waals surface area contributed by atoms with Crippen molar-refractivity contribution < 1.29 is 4.52 Å². The normalized spacial score (nSPS) is 10.5. The number of nitrogens with zero attached hydrogens (tertiary/aromatic N) is 2.